The molecule has 0 saturated carbocycles. The average molecular weight is 296 g/mol. The number of rotatable bonds is 4. The van der Waals surface area contributed by atoms with Gasteiger partial charge in [-0.25, -0.2) is 19.2 Å². The van der Waals surface area contributed by atoms with Crippen molar-refractivity contribution in [1.29, 1.82) is 0 Å². The van der Waals surface area contributed by atoms with Gasteiger partial charge in [0.15, 0.2) is 0 Å². The number of carbonyl (C=O) groups is 4. The molecule has 4 N–H and O–H groups in total. The van der Waals surface area contributed by atoms with Crippen molar-refractivity contribution in [3.63, 3.8) is 0 Å². The Hall–Kier alpha value is -1.64. The van der Waals surface area contributed by atoms with Crippen LogP contribution >= 0.6 is 0 Å². The second-order valence-corrected chi connectivity index (χ2v) is 3.16. The Morgan fingerprint density at radius 1 is 0.579 bits per heavy atom. The molecule has 0 atom stereocenters. The van der Waals surface area contributed by atoms with Crippen LogP contribution in [0.2, 0.25) is 0 Å². The van der Waals surface area contributed by atoms with Gasteiger partial charge in [0.05, 0.1) is 22.3 Å². The number of benzene rings is 1. The molecule has 0 bridgehead atoms. The van der Waals surface area contributed by atoms with Gasteiger partial charge in [-0.1, -0.05) is 0 Å². The van der Waals surface area contributed by atoms with Gasteiger partial charge in [-0.2, -0.15) is 0 Å². The number of hydrogen-bond acceptors (Lipinski definition) is 4. The summed E-state index contributed by atoms with van der Waals surface area (Å²) in [7, 11) is 0. The molecule has 0 heterocycles. The summed E-state index contributed by atoms with van der Waals surface area (Å²) in [6, 6.07) is 1.02. The summed E-state index contributed by atoms with van der Waals surface area (Å²) in [6.07, 6.45) is 0. The van der Waals surface area contributed by atoms with E-state index in [2.05, 4.69) is 0 Å². The van der Waals surface area contributed by atoms with Gasteiger partial charge >= 0.3 is 61.6 Å². The minimum absolute atomic E-state index is 0. The zero-order valence-electron chi connectivity index (χ0n) is 8.58. The van der Waals surface area contributed by atoms with Crippen LogP contribution in [0.1, 0.15) is 41.4 Å². The van der Waals surface area contributed by atoms with Crippen LogP contribution in [0.25, 0.3) is 0 Å². The fourth-order valence-corrected chi connectivity index (χ4v) is 1.31. The molecular weight excluding hydrogens is 288 g/mol. The molecule has 0 aliphatic heterocycles. The standard InChI is InChI=1S/C10H6O8.Ca.2H/c11-7(12)3-1-4(8(13)14)6(10(17)18)2-5(3)9(15)16;;;/h1-2H,(H,11,12)(H,13,14)(H,15,16)(H,17,18);;;. The topological polar surface area (TPSA) is 149 Å². The van der Waals surface area contributed by atoms with Gasteiger partial charge in [0.25, 0.3) is 0 Å². The van der Waals surface area contributed by atoms with Crippen LogP contribution < -0.4 is 0 Å². The molecule has 0 aliphatic rings. The molecule has 0 aliphatic carbocycles. The maximum atomic E-state index is 10.8. The van der Waals surface area contributed by atoms with Gasteiger partial charge < -0.3 is 20.4 Å². The predicted octanol–water partition coefficient (Wildman–Crippen LogP) is -0.437. The molecule has 1 rings (SSSR count). The Kier molecular flexibility index (Phi) is 5.94. The summed E-state index contributed by atoms with van der Waals surface area (Å²) in [6.45, 7) is 0. The molecule has 0 spiro atoms. The second kappa shape index (κ2) is 6.50. The Labute approximate surface area is 135 Å². The monoisotopic (exact) mass is 296 g/mol. The first-order chi connectivity index (χ1) is 8.25. The third-order valence-corrected chi connectivity index (χ3v) is 2.08. The van der Waals surface area contributed by atoms with Crippen molar-refractivity contribution in [3.05, 3.63) is 34.4 Å². The van der Waals surface area contributed by atoms with E-state index < -0.39 is 46.1 Å². The quantitative estimate of drug-likeness (QED) is 0.546. The van der Waals surface area contributed by atoms with Crippen LogP contribution in [0.5, 0.6) is 0 Å². The van der Waals surface area contributed by atoms with Crippen molar-refractivity contribution in [1.82, 2.24) is 0 Å². The van der Waals surface area contributed by atoms with E-state index in [1.807, 2.05) is 0 Å². The van der Waals surface area contributed by atoms with Gasteiger partial charge in [-0.15, -0.1) is 0 Å². The predicted molar refractivity (Wildman–Crippen MR) is 62.8 cm³/mol. The first kappa shape index (κ1) is 17.4. The molecule has 0 radical (unpaired) electrons. The Bertz CT molecular complexity index is 479. The van der Waals surface area contributed by atoms with E-state index in [9.17, 15) is 19.2 Å². The van der Waals surface area contributed by atoms with Gasteiger partial charge in [-0.05, 0) is 12.1 Å². The van der Waals surface area contributed by atoms with Gasteiger partial charge in [-0.3, -0.25) is 0 Å². The summed E-state index contributed by atoms with van der Waals surface area (Å²) in [5.41, 5.74) is -3.15. The van der Waals surface area contributed by atoms with Gasteiger partial charge in [0.1, 0.15) is 0 Å². The SMILES string of the molecule is O=C(O)c1cc(C(=O)O)c(C(=O)O)cc1C(=O)O.[CaH2]. The number of aromatic carboxylic acids is 4. The molecular formula is C10H8CaO8. The molecule has 0 amide bonds. The first-order valence-electron chi connectivity index (χ1n) is 4.37. The van der Waals surface area contributed by atoms with Crippen LogP contribution in [0, 0.1) is 0 Å². The van der Waals surface area contributed by atoms with E-state index in [0.29, 0.717) is 12.1 Å². The molecule has 19 heavy (non-hydrogen) atoms. The molecule has 98 valence electrons. The van der Waals surface area contributed by atoms with Crippen molar-refractivity contribution < 1.29 is 39.6 Å². The van der Waals surface area contributed by atoms with Crippen LogP contribution in [0.4, 0.5) is 0 Å². The van der Waals surface area contributed by atoms with Crippen molar-refractivity contribution >= 4 is 61.6 Å². The summed E-state index contributed by atoms with van der Waals surface area (Å²) >= 11 is 0. The molecule has 0 aromatic heterocycles. The van der Waals surface area contributed by atoms with Crippen LogP contribution in [0.15, 0.2) is 12.1 Å². The molecule has 1 aromatic rings. The summed E-state index contributed by atoms with van der Waals surface area (Å²) in [4.78, 5) is 43.1. The number of carboxylic acid groups (broad SMARTS) is 4. The maximum absolute atomic E-state index is 10.8. The first-order valence-corrected chi connectivity index (χ1v) is 4.37. The van der Waals surface area contributed by atoms with Crippen molar-refractivity contribution in [2.24, 2.45) is 0 Å². The number of hydrogen-bond donors (Lipinski definition) is 4. The molecule has 8 nitrogen and oxygen atoms in total. The van der Waals surface area contributed by atoms with Crippen molar-refractivity contribution in [2.75, 3.05) is 0 Å². The average Bonchev–Trinajstić information content (AvgIpc) is 2.26. The van der Waals surface area contributed by atoms with E-state index in [0.717, 1.165) is 0 Å². The summed E-state index contributed by atoms with van der Waals surface area (Å²) in [5.74, 6) is -6.64. The number of carboxylic acids is 4. The van der Waals surface area contributed by atoms with Gasteiger partial charge in [0, 0.05) is 0 Å². The van der Waals surface area contributed by atoms with Crippen molar-refractivity contribution in [2.45, 2.75) is 0 Å². The van der Waals surface area contributed by atoms with Crippen LogP contribution in [-0.2, 0) is 0 Å². The molecule has 0 fully saturated rings. The fraction of sp³-hybridized carbons (Fsp3) is 0. The molecule has 0 saturated heterocycles. The van der Waals surface area contributed by atoms with Crippen LogP contribution in [-0.4, -0.2) is 82.0 Å². The molecule has 0 unspecified atom stereocenters. The minimum atomic E-state index is -1.66. The summed E-state index contributed by atoms with van der Waals surface area (Å²) < 4.78 is 0. The zero-order chi connectivity index (χ0) is 14.0. The van der Waals surface area contributed by atoms with E-state index >= 15 is 0 Å². The third-order valence-electron chi connectivity index (χ3n) is 2.08. The van der Waals surface area contributed by atoms with Gasteiger partial charge in [0.2, 0.25) is 0 Å². The zero-order valence-corrected chi connectivity index (χ0v) is 8.58. The Balaban J connectivity index is 0.00000324. The van der Waals surface area contributed by atoms with E-state index in [-0.39, 0.29) is 37.7 Å². The van der Waals surface area contributed by atoms with E-state index in [4.69, 9.17) is 20.4 Å². The summed E-state index contributed by atoms with van der Waals surface area (Å²) in [5, 5.41) is 35.0. The van der Waals surface area contributed by atoms with E-state index in [1.165, 1.54) is 0 Å². The normalized spacial score (nSPS) is 9.26. The Morgan fingerprint density at radius 2 is 0.737 bits per heavy atom. The molecule has 9 heteroatoms. The second-order valence-electron chi connectivity index (χ2n) is 3.16. The third kappa shape index (κ3) is 3.66. The fourth-order valence-electron chi connectivity index (χ4n) is 1.31. The van der Waals surface area contributed by atoms with Crippen molar-refractivity contribution in [3.8, 4) is 0 Å². The molecule has 1 aromatic carbocycles. The van der Waals surface area contributed by atoms with Crippen LogP contribution in [0.3, 0.4) is 0 Å². The Morgan fingerprint density at radius 3 is 0.842 bits per heavy atom. The van der Waals surface area contributed by atoms with E-state index in [1.54, 1.807) is 0 Å².